The minimum Gasteiger partial charge on any atom is -0.504 e. The van der Waals surface area contributed by atoms with Crippen molar-refractivity contribution in [2.75, 3.05) is 18.5 Å². The van der Waals surface area contributed by atoms with E-state index in [9.17, 15) is 23.1 Å². The lowest BCUT2D eigenvalue weighted by Crippen LogP contribution is -2.16. The quantitative estimate of drug-likeness (QED) is 0.619. The molecule has 0 spiro atoms. The highest BCUT2D eigenvalue weighted by molar-refractivity contribution is 5.94. The number of aromatic hydroxyl groups is 1. The maximum Gasteiger partial charge on any atom is 0.246 e. The molecule has 132 valence electrons. The molecule has 8 heteroatoms. The predicted molar refractivity (Wildman–Crippen MR) is 86.7 cm³/mol. The Balaban J connectivity index is 2.02. The first-order chi connectivity index (χ1) is 11.9. The molecule has 0 radical (unpaired) electrons. The molecule has 0 aromatic heterocycles. The van der Waals surface area contributed by atoms with Crippen LogP contribution in [0.4, 0.5) is 18.9 Å². The van der Waals surface area contributed by atoms with E-state index in [-0.39, 0.29) is 11.5 Å². The van der Waals surface area contributed by atoms with Gasteiger partial charge < -0.3 is 15.2 Å². The Hall–Kier alpha value is -3.03. The number of nitrogens with one attached hydrogen (secondary N) is 1. The number of anilines is 1. The number of phenolic OH excluding ortho intramolecular Hbond substituents is 1. The summed E-state index contributed by atoms with van der Waals surface area (Å²) in [6.07, 6.45) is 1.25. The van der Waals surface area contributed by atoms with E-state index in [1.54, 1.807) is 25.1 Å². The van der Waals surface area contributed by atoms with Gasteiger partial charge in [-0.25, -0.2) is 13.2 Å². The lowest BCUT2D eigenvalue weighted by molar-refractivity contribution is -0.114. The largest absolute Gasteiger partial charge is 0.504 e. The van der Waals surface area contributed by atoms with Crippen LogP contribution < -0.4 is 10.1 Å². The summed E-state index contributed by atoms with van der Waals surface area (Å²) in [7, 11) is 0. The van der Waals surface area contributed by atoms with E-state index in [0.29, 0.717) is 18.2 Å². The Bertz CT molecular complexity index is 810. The molecular formula is C17H15F3N2O3. The first kappa shape index (κ1) is 18.3. The molecule has 0 saturated heterocycles. The van der Waals surface area contributed by atoms with Gasteiger partial charge in [0.15, 0.2) is 29.0 Å². The number of benzene rings is 2. The highest BCUT2D eigenvalue weighted by atomic mass is 19.2. The minimum absolute atomic E-state index is 0.125. The van der Waals surface area contributed by atoms with Crippen molar-refractivity contribution in [2.24, 2.45) is 4.99 Å². The van der Waals surface area contributed by atoms with Gasteiger partial charge in [-0.2, -0.15) is 0 Å². The second-order valence-electron chi connectivity index (χ2n) is 4.87. The predicted octanol–water partition coefficient (Wildman–Crippen LogP) is 3.27. The van der Waals surface area contributed by atoms with E-state index < -0.39 is 35.6 Å². The molecule has 0 fully saturated rings. The van der Waals surface area contributed by atoms with Gasteiger partial charge in [-0.15, -0.1) is 0 Å². The molecule has 2 aromatic carbocycles. The van der Waals surface area contributed by atoms with E-state index in [0.717, 1.165) is 6.07 Å². The number of ether oxygens (including phenoxy) is 1. The second kappa shape index (κ2) is 8.18. The second-order valence-corrected chi connectivity index (χ2v) is 4.87. The van der Waals surface area contributed by atoms with Crippen molar-refractivity contribution in [3.63, 3.8) is 0 Å². The van der Waals surface area contributed by atoms with Gasteiger partial charge in [0.2, 0.25) is 5.91 Å². The summed E-state index contributed by atoms with van der Waals surface area (Å²) in [5.74, 6) is -5.09. The van der Waals surface area contributed by atoms with Crippen LogP contribution in [0.1, 0.15) is 12.5 Å². The molecule has 2 aromatic rings. The number of hydrogen-bond donors (Lipinski definition) is 2. The normalized spacial score (nSPS) is 10.9. The van der Waals surface area contributed by atoms with E-state index in [4.69, 9.17) is 4.74 Å². The van der Waals surface area contributed by atoms with Crippen molar-refractivity contribution in [3.8, 4) is 11.5 Å². The number of para-hydroxylation sites is 1. The molecule has 0 atom stereocenters. The topological polar surface area (TPSA) is 70.9 Å². The van der Waals surface area contributed by atoms with Crippen molar-refractivity contribution in [1.82, 2.24) is 0 Å². The average molecular weight is 352 g/mol. The van der Waals surface area contributed by atoms with Crippen LogP contribution in [0.25, 0.3) is 0 Å². The first-order valence-electron chi connectivity index (χ1n) is 7.32. The summed E-state index contributed by atoms with van der Waals surface area (Å²) in [5, 5.41) is 12.1. The van der Waals surface area contributed by atoms with E-state index >= 15 is 0 Å². The Morgan fingerprint density at radius 2 is 2.00 bits per heavy atom. The molecule has 0 aliphatic rings. The lowest BCUT2D eigenvalue weighted by Gasteiger charge is -2.07. The van der Waals surface area contributed by atoms with Crippen LogP contribution in [0, 0.1) is 17.5 Å². The fraction of sp³-hybridized carbons (Fsp3) is 0.176. The summed E-state index contributed by atoms with van der Waals surface area (Å²) in [6.45, 7) is 1.73. The van der Waals surface area contributed by atoms with Crippen LogP contribution in [0.5, 0.6) is 11.5 Å². The molecule has 0 bridgehead atoms. The van der Waals surface area contributed by atoms with Crippen LogP contribution in [-0.2, 0) is 4.79 Å². The number of aliphatic imine (C=N–C) groups is 1. The fourth-order valence-corrected chi connectivity index (χ4v) is 1.95. The minimum atomic E-state index is -1.67. The van der Waals surface area contributed by atoms with Crippen molar-refractivity contribution >= 4 is 17.8 Å². The van der Waals surface area contributed by atoms with Crippen molar-refractivity contribution in [1.29, 1.82) is 0 Å². The van der Waals surface area contributed by atoms with Gasteiger partial charge in [0.25, 0.3) is 0 Å². The van der Waals surface area contributed by atoms with Crippen molar-refractivity contribution in [2.45, 2.75) is 6.92 Å². The van der Waals surface area contributed by atoms with E-state index in [1.165, 1.54) is 6.21 Å². The molecule has 0 aliphatic carbocycles. The molecule has 1 amide bonds. The first-order valence-corrected chi connectivity index (χ1v) is 7.32. The molecule has 2 rings (SSSR count). The van der Waals surface area contributed by atoms with Crippen molar-refractivity contribution in [3.05, 3.63) is 53.3 Å². The third-order valence-electron chi connectivity index (χ3n) is 3.10. The van der Waals surface area contributed by atoms with Crippen LogP contribution in [0.2, 0.25) is 0 Å². The van der Waals surface area contributed by atoms with Gasteiger partial charge in [0.05, 0.1) is 12.3 Å². The van der Waals surface area contributed by atoms with Gasteiger partial charge in [0.1, 0.15) is 6.54 Å². The van der Waals surface area contributed by atoms with Crippen molar-refractivity contribution < 1.29 is 27.8 Å². The van der Waals surface area contributed by atoms with Gasteiger partial charge in [-0.1, -0.05) is 6.07 Å². The van der Waals surface area contributed by atoms with Gasteiger partial charge in [-0.05, 0) is 31.2 Å². The fourth-order valence-electron chi connectivity index (χ4n) is 1.95. The number of amides is 1. The number of phenols is 1. The maximum absolute atomic E-state index is 13.5. The summed E-state index contributed by atoms with van der Waals surface area (Å²) in [6, 6.07) is 6.40. The Morgan fingerprint density at radius 1 is 1.24 bits per heavy atom. The smallest absolute Gasteiger partial charge is 0.246 e. The molecular weight excluding hydrogens is 337 g/mol. The Kier molecular flexibility index (Phi) is 5.99. The van der Waals surface area contributed by atoms with Gasteiger partial charge in [0, 0.05) is 11.8 Å². The third kappa shape index (κ3) is 4.50. The highest BCUT2D eigenvalue weighted by Gasteiger charge is 2.15. The molecule has 25 heavy (non-hydrogen) atoms. The van der Waals surface area contributed by atoms with Crippen LogP contribution in [-0.4, -0.2) is 30.4 Å². The number of carbonyl (C=O) groups excluding carboxylic acids is 1. The molecule has 0 saturated carbocycles. The number of carbonyl (C=O) groups is 1. The lowest BCUT2D eigenvalue weighted by atomic mass is 10.2. The van der Waals surface area contributed by atoms with Crippen LogP contribution in [0.3, 0.4) is 0 Å². The van der Waals surface area contributed by atoms with Crippen LogP contribution in [0.15, 0.2) is 35.3 Å². The average Bonchev–Trinajstić information content (AvgIpc) is 2.59. The van der Waals surface area contributed by atoms with E-state index in [1.807, 2.05) is 0 Å². The molecule has 0 unspecified atom stereocenters. The zero-order valence-electron chi connectivity index (χ0n) is 13.2. The van der Waals surface area contributed by atoms with Gasteiger partial charge in [-0.3, -0.25) is 9.79 Å². The molecule has 5 nitrogen and oxygen atoms in total. The molecule has 0 aliphatic heterocycles. The SMILES string of the molecule is CCOc1cccc(C=NCC(=O)Nc2ccc(F)c(F)c2F)c1O. The number of nitrogens with zero attached hydrogens (tertiary/aromatic N) is 1. The summed E-state index contributed by atoms with van der Waals surface area (Å²) < 4.78 is 44.6. The summed E-state index contributed by atoms with van der Waals surface area (Å²) in [5.41, 5.74) is -0.155. The number of hydrogen-bond acceptors (Lipinski definition) is 4. The monoisotopic (exact) mass is 352 g/mol. The zero-order chi connectivity index (χ0) is 18.4. The Morgan fingerprint density at radius 3 is 2.72 bits per heavy atom. The number of halogens is 3. The standard InChI is InChI=1S/C17H15F3N2O3/c1-2-25-13-5-3-4-10(17(13)24)8-21-9-14(23)22-12-7-6-11(18)15(19)16(12)20/h3-8,24H,2,9H2,1H3,(H,22,23). The van der Waals surface area contributed by atoms with Crippen LogP contribution >= 0.6 is 0 Å². The summed E-state index contributed by atoms with van der Waals surface area (Å²) >= 11 is 0. The van der Waals surface area contributed by atoms with Gasteiger partial charge >= 0.3 is 0 Å². The number of rotatable bonds is 6. The van der Waals surface area contributed by atoms with E-state index in [2.05, 4.69) is 10.3 Å². The third-order valence-corrected chi connectivity index (χ3v) is 3.10. The Labute approximate surface area is 141 Å². The molecule has 2 N–H and O–H groups in total. The highest BCUT2D eigenvalue weighted by Crippen LogP contribution is 2.28. The molecule has 0 heterocycles. The maximum atomic E-state index is 13.5. The summed E-state index contributed by atoms with van der Waals surface area (Å²) in [4.78, 5) is 15.5. The zero-order valence-corrected chi connectivity index (χ0v) is 13.2.